The molecule has 1 aliphatic heterocycles. The average molecular weight is 398 g/mol. The lowest BCUT2D eigenvalue weighted by molar-refractivity contribution is -0.0907. The maximum absolute atomic E-state index is 14.4. The maximum atomic E-state index is 14.4. The van der Waals surface area contributed by atoms with Gasteiger partial charge in [-0.05, 0) is 24.6 Å². The number of carbonyl (C=O) groups excluding carboxylic acids is 1. The molecule has 0 spiro atoms. The van der Waals surface area contributed by atoms with Gasteiger partial charge in [-0.15, -0.1) is 0 Å². The first-order valence-corrected chi connectivity index (χ1v) is 9.37. The molecule has 0 aliphatic carbocycles. The summed E-state index contributed by atoms with van der Waals surface area (Å²) in [7, 11) is 1.84. The number of amides is 2. The molecule has 8 nitrogen and oxygen atoms in total. The van der Waals surface area contributed by atoms with Crippen LogP contribution in [0.15, 0.2) is 49.3 Å². The minimum atomic E-state index is -0.609. The zero-order valence-corrected chi connectivity index (χ0v) is 16.4. The van der Waals surface area contributed by atoms with Gasteiger partial charge in [0, 0.05) is 44.3 Å². The van der Waals surface area contributed by atoms with Crippen LogP contribution in [0, 0.1) is 5.82 Å². The first-order valence-electron chi connectivity index (χ1n) is 9.37. The molecule has 1 fully saturated rings. The monoisotopic (exact) mass is 398 g/mol. The number of hydrogen-bond donors (Lipinski definition) is 1. The Morgan fingerprint density at radius 2 is 2.28 bits per heavy atom. The molecule has 3 aromatic rings. The predicted octanol–water partition coefficient (Wildman–Crippen LogP) is 2.20. The highest BCUT2D eigenvalue weighted by Crippen LogP contribution is 2.29. The molecule has 1 saturated heterocycles. The topological polar surface area (TPSA) is 77.2 Å². The standard InChI is InChI=1S/C20H23FN6O2/c1-20(16-11-24-25(2)12-16)13-26(7-8-29-20)19(28)23-10-15-3-4-18(17(21)9-15)27-6-5-22-14-27/h3-6,9,11-12,14H,7-8,10,13H2,1-2H3,(H,23,28). The molecule has 29 heavy (non-hydrogen) atoms. The van der Waals surface area contributed by atoms with E-state index < -0.39 is 5.60 Å². The lowest BCUT2D eigenvalue weighted by atomic mass is 9.97. The Hall–Kier alpha value is -3.20. The number of aromatic nitrogens is 4. The number of nitrogens with one attached hydrogen (secondary N) is 1. The Balaban J connectivity index is 1.39. The first kappa shape index (κ1) is 19.1. The Bertz CT molecular complexity index is 1000. The summed E-state index contributed by atoms with van der Waals surface area (Å²) in [6, 6.07) is 4.68. The minimum Gasteiger partial charge on any atom is -0.367 e. The van der Waals surface area contributed by atoms with E-state index in [0.29, 0.717) is 30.9 Å². The van der Waals surface area contributed by atoms with Crippen molar-refractivity contribution in [2.24, 2.45) is 7.05 Å². The van der Waals surface area contributed by atoms with Crippen molar-refractivity contribution in [3.8, 4) is 5.69 Å². The predicted molar refractivity (Wildman–Crippen MR) is 104 cm³/mol. The van der Waals surface area contributed by atoms with E-state index in [1.807, 2.05) is 20.2 Å². The van der Waals surface area contributed by atoms with Gasteiger partial charge < -0.3 is 19.5 Å². The van der Waals surface area contributed by atoms with Crippen molar-refractivity contribution in [3.05, 3.63) is 66.3 Å². The van der Waals surface area contributed by atoms with Crippen molar-refractivity contribution in [2.75, 3.05) is 19.7 Å². The summed E-state index contributed by atoms with van der Waals surface area (Å²) in [4.78, 5) is 18.3. The van der Waals surface area contributed by atoms with Crippen molar-refractivity contribution in [2.45, 2.75) is 19.1 Å². The molecule has 0 bridgehead atoms. The first-order chi connectivity index (χ1) is 13.9. The minimum absolute atomic E-state index is 0.206. The fourth-order valence-corrected chi connectivity index (χ4v) is 3.47. The molecule has 4 rings (SSSR count). The number of imidazole rings is 1. The molecule has 1 N–H and O–H groups in total. The molecule has 3 heterocycles. The van der Waals surface area contributed by atoms with Gasteiger partial charge in [-0.25, -0.2) is 14.2 Å². The van der Waals surface area contributed by atoms with Crippen LogP contribution in [-0.4, -0.2) is 50.0 Å². The quantitative estimate of drug-likeness (QED) is 0.731. The van der Waals surface area contributed by atoms with E-state index >= 15 is 0 Å². The molecule has 2 amide bonds. The molecular weight excluding hydrogens is 375 g/mol. The number of rotatable bonds is 4. The summed E-state index contributed by atoms with van der Waals surface area (Å²) >= 11 is 0. The highest BCUT2D eigenvalue weighted by Gasteiger charge is 2.36. The highest BCUT2D eigenvalue weighted by atomic mass is 19.1. The lowest BCUT2D eigenvalue weighted by Gasteiger charge is -2.40. The third-order valence-electron chi connectivity index (χ3n) is 5.12. The number of carbonyl (C=O) groups is 1. The van der Waals surface area contributed by atoms with Gasteiger partial charge in [-0.3, -0.25) is 4.68 Å². The van der Waals surface area contributed by atoms with Crippen LogP contribution in [0.25, 0.3) is 5.69 Å². The number of ether oxygens (including phenoxy) is 1. The van der Waals surface area contributed by atoms with Gasteiger partial charge in [-0.2, -0.15) is 5.10 Å². The van der Waals surface area contributed by atoms with Crippen molar-refractivity contribution in [3.63, 3.8) is 0 Å². The second-order valence-corrected chi connectivity index (χ2v) is 7.32. The molecule has 1 atom stereocenters. The SMILES string of the molecule is Cn1cc(C2(C)CN(C(=O)NCc3ccc(-n4ccnc4)c(F)c3)CCO2)cn1. The molecule has 2 aromatic heterocycles. The van der Waals surface area contributed by atoms with E-state index in [-0.39, 0.29) is 18.4 Å². The third-order valence-corrected chi connectivity index (χ3v) is 5.12. The smallest absolute Gasteiger partial charge is 0.317 e. The van der Waals surface area contributed by atoms with E-state index in [1.165, 1.54) is 12.4 Å². The van der Waals surface area contributed by atoms with E-state index in [1.54, 1.807) is 44.9 Å². The van der Waals surface area contributed by atoms with Crippen LogP contribution >= 0.6 is 0 Å². The molecule has 9 heteroatoms. The summed E-state index contributed by atoms with van der Waals surface area (Å²) in [5, 5.41) is 7.06. The molecule has 0 radical (unpaired) electrons. The number of halogens is 1. The number of aryl methyl sites for hydroxylation is 1. The normalized spacial score (nSPS) is 19.3. The summed E-state index contributed by atoms with van der Waals surface area (Å²) in [6.07, 6.45) is 8.46. The van der Waals surface area contributed by atoms with Crippen LogP contribution in [-0.2, 0) is 23.9 Å². The van der Waals surface area contributed by atoms with E-state index in [4.69, 9.17) is 4.74 Å². The Morgan fingerprint density at radius 1 is 1.41 bits per heavy atom. The number of urea groups is 1. The van der Waals surface area contributed by atoms with Crippen LogP contribution in [0.3, 0.4) is 0 Å². The summed E-state index contributed by atoms with van der Waals surface area (Å²) in [5.41, 5.74) is 1.42. The van der Waals surface area contributed by atoms with Crippen LogP contribution in [0.5, 0.6) is 0 Å². The summed E-state index contributed by atoms with van der Waals surface area (Å²) < 4.78 is 23.6. The Labute approximate surface area is 167 Å². The molecule has 1 aliphatic rings. The van der Waals surface area contributed by atoms with E-state index in [2.05, 4.69) is 15.4 Å². The van der Waals surface area contributed by atoms with Crippen LogP contribution < -0.4 is 5.32 Å². The molecule has 0 saturated carbocycles. The van der Waals surface area contributed by atoms with Gasteiger partial charge >= 0.3 is 6.03 Å². The van der Waals surface area contributed by atoms with Crippen LogP contribution in [0.1, 0.15) is 18.1 Å². The molecular formula is C20H23FN6O2. The number of benzene rings is 1. The zero-order valence-electron chi connectivity index (χ0n) is 16.4. The zero-order chi connectivity index (χ0) is 20.4. The van der Waals surface area contributed by atoms with Gasteiger partial charge in [0.1, 0.15) is 11.4 Å². The van der Waals surface area contributed by atoms with E-state index in [9.17, 15) is 9.18 Å². The van der Waals surface area contributed by atoms with Crippen molar-refractivity contribution < 1.29 is 13.9 Å². The van der Waals surface area contributed by atoms with Gasteiger partial charge in [0.25, 0.3) is 0 Å². The second kappa shape index (κ2) is 7.67. The second-order valence-electron chi connectivity index (χ2n) is 7.32. The third kappa shape index (κ3) is 4.00. The van der Waals surface area contributed by atoms with Crippen LogP contribution in [0.4, 0.5) is 9.18 Å². The fraction of sp³-hybridized carbons (Fsp3) is 0.350. The lowest BCUT2D eigenvalue weighted by Crippen LogP contribution is -2.53. The molecule has 1 aromatic carbocycles. The maximum Gasteiger partial charge on any atom is 0.317 e. The van der Waals surface area contributed by atoms with E-state index in [0.717, 1.165) is 5.56 Å². The van der Waals surface area contributed by atoms with Crippen molar-refractivity contribution >= 4 is 6.03 Å². The van der Waals surface area contributed by atoms with Gasteiger partial charge in [0.05, 0.1) is 31.4 Å². The number of hydrogen-bond acceptors (Lipinski definition) is 4. The summed E-state index contributed by atoms with van der Waals surface area (Å²) in [5.74, 6) is -0.370. The fourth-order valence-electron chi connectivity index (χ4n) is 3.47. The highest BCUT2D eigenvalue weighted by molar-refractivity contribution is 5.74. The molecule has 1 unspecified atom stereocenters. The van der Waals surface area contributed by atoms with Crippen molar-refractivity contribution in [1.82, 2.24) is 29.5 Å². The largest absolute Gasteiger partial charge is 0.367 e. The van der Waals surface area contributed by atoms with Gasteiger partial charge in [0.15, 0.2) is 0 Å². The van der Waals surface area contributed by atoms with Gasteiger partial charge in [0.2, 0.25) is 0 Å². The van der Waals surface area contributed by atoms with Crippen LogP contribution in [0.2, 0.25) is 0 Å². The number of nitrogens with zero attached hydrogens (tertiary/aromatic N) is 5. The molecule has 152 valence electrons. The number of morpholine rings is 1. The van der Waals surface area contributed by atoms with Gasteiger partial charge in [-0.1, -0.05) is 6.07 Å². The summed E-state index contributed by atoms with van der Waals surface area (Å²) in [6.45, 7) is 3.54. The average Bonchev–Trinajstić information content (AvgIpc) is 3.38. The van der Waals surface area contributed by atoms with Crippen molar-refractivity contribution in [1.29, 1.82) is 0 Å². The Morgan fingerprint density at radius 3 is 2.97 bits per heavy atom. The Kier molecular flexibility index (Phi) is 5.06.